The second kappa shape index (κ2) is 6.83. The van der Waals surface area contributed by atoms with Crippen LogP contribution in [0.25, 0.3) is 5.57 Å². The fourth-order valence-electron chi connectivity index (χ4n) is 3.40. The third kappa shape index (κ3) is 2.89. The summed E-state index contributed by atoms with van der Waals surface area (Å²) in [7, 11) is 3.24. The van der Waals surface area contributed by atoms with Crippen LogP contribution in [0.4, 0.5) is 0 Å². The monoisotopic (exact) mass is 325 g/mol. The number of allylic oxidation sites excluding steroid dienone is 4. The summed E-state index contributed by atoms with van der Waals surface area (Å²) < 4.78 is 10.8. The van der Waals surface area contributed by atoms with Gasteiger partial charge in [-0.2, -0.15) is 0 Å². The van der Waals surface area contributed by atoms with Crippen LogP contribution in [0.2, 0.25) is 0 Å². The Balaban J connectivity index is 2.03. The van der Waals surface area contributed by atoms with Crippen LogP contribution in [0, 0.1) is 16.7 Å². The Hall–Kier alpha value is -2.69. The SMILES string of the molecule is COc1ccc(C2=CCCC3C=CC(C(=O)N=O)=CC23)c(OC)c1. The molecule has 1 aromatic carbocycles. The van der Waals surface area contributed by atoms with E-state index in [1.165, 1.54) is 0 Å². The summed E-state index contributed by atoms with van der Waals surface area (Å²) >= 11 is 0. The number of methoxy groups -OCH3 is 2. The van der Waals surface area contributed by atoms with E-state index >= 15 is 0 Å². The third-order valence-electron chi connectivity index (χ3n) is 4.62. The van der Waals surface area contributed by atoms with Crippen molar-refractivity contribution in [1.82, 2.24) is 0 Å². The lowest BCUT2D eigenvalue weighted by atomic mass is 9.72. The molecule has 1 aromatic rings. The van der Waals surface area contributed by atoms with E-state index in [0.717, 1.165) is 35.5 Å². The van der Waals surface area contributed by atoms with Gasteiger partial charge in [-0.05, 0) is 36.5 Å². The molecule has 0 N–H and O–H groups in total. The summed E-state index contributed by atoms with van der Waals surface area (Å²) in [5.41, 5.74) is 2.43. The molecule has 2 unspecified atom stereocenters. The maximum absolute atomic E-state index is 11.6. The second-order valence-corrected chi connectivity index (χ2v) is 5.87. The molecule has 5 nitrogen and oxygen atoms in total. The molecule has 0 aliphatic heterocycles. The van der Waals surface area contributed by atoms with Gasteiger partial charge in [0.05, 0.1) is 14.2 Å². The molecule has 0 fully saturated rings. The van der Waals surface area contributed by atoms with Gasteiger partial charge in [0.25, 0.3) is 0 Å². The summed E-state index contributed by atoms with van der Waals surface area (Å²) in [6.07, 6.45) is 9.71. The number of ether oxygens (including phenoxy) is 2. The summed E-state index contributed by atoms with van der Waals surface area (Å²) in [6, 6.07) is 5.71. The van der Waals surface area contributed by atoms with Crippen LogP contribution in [-0.4, -0.2) is 20.1 Å². The maximum Gasteiger partial charge on any atom is 0.316 e. The predicted molar refractivity (Wildman–Crippen MR) is 91.8 cm³/mol. The van der Waals surface area contributed by atoms with E-state index in [-0.39, 0.29) is 5.92 Å². The number of amides is 1. The first-order valence-corrected chi connectivity index (χ1v) is 7.88. The molecule has 0 spiro atoms. The quantitative estimate of drug-likeness (QED) is 0.787. The van der Waals surface area contributed by atoms with Crippen LogP contribution in [-0.2, 0) is 4.79 Å². The molecule has 0 bridgehead atoms. The van der Waals surface area contributed by atoms with Crippen LogP contribution in [0.3, 0.4) is 0 Å². The Morgan fingerprint density at radius 2 is 2.08 bits per heavy atom. The van der Waals surface area contributed by atoms with Crippen LogP contribution in [0.1, 0.15) is 18.4 Å². The summed E-state index contributed by atoms with van der Waals surface area (Å²) in [5, 5.41) is 2.53. The average Bonchev–Trinajstić information content (AvgIpc) is 2.65. The second-order valence-electron chi connectivity index (χ2n) is 5.87. The van der Waals surface area contributed by atoms with E-state index < -0.39 is 5.91 Å². The number of nitrogens with zero attached hydrogens (tertiary/aromatic N) is 1. The smallest absolute Gasteiger partial charge is 0.316 e. The lowest BCUT2D eigenvalue weighted by molar-refractivity contribution is -0.114. The van der Waals surface area contributed by atoms with Gasteiger partial charge in [0.1, 0.15) is 11.5 Å². The predicted octanol–water partition coefficient (Wildman–Crippen LogP) is 3.90. The summed E-state index contributed by atoms with van der Waals surface area (Å²) in [5.74, 6) is 1.07. The van der Waals surface area contributed by atoms with Crippen LogP contribution < -0.4 is 9.47 Å². The van der Waals surface area contributed by atoms with Crippen molar-refractivity contribution in [1.29, 1.82) is 0 Å². The number of benzene rings is 1. The van der Waals surface area contributed by atoms with Gasteiger partial charge in [0.2, 0.25) is 0 Å². The van der Waals surface area contributed by atoms with Crippen molar-refractivity contribution in [3.63, 3.8) is 0 Å². The van der Waals surface area contributed by atoms with E-state index in [0.29, 0.717) is 11.5 Å². The van der Waals surface area contributed by atoms with Crippen molar-refractivity contribution >= 4 is 11.5 Å². The molecule has 2 aliphatic rings. The van der Waals surface area contributed by atoms with Crippen molar-refractivity contribution in [2.75, 3.05) is 14.2 Å². The summed E-state index contributed by atoms with van der Waals surface area (Å²) in [4.78, 5) is 22.2. The van der Waals surface area contributed by atoms with Crippen LogP contribution in [0.15, 0.2) is 53.3 Å². The third-order valence-corrected chi connectivity index (χ3v) is 4.62. The van der Waals surface area contributed by atoms with Gasteiger partial charge < -0.3 is 9.47 Å². The molecule has 0 heterocycles. The number of nitroso groups, excluding NO2 is 1. The molecule has 0 aromatic heterocycles. The first kappa shape index (κ1) is 16.2. The standard InChI is InChI=1S/C19H19NO4/c1-23-14-8-9-16(18(11-14)24-2)15-5-3-4-12-6-7-13(10-17(12)15)19(21)20-22/h5-12,17H,3-4H2,1-2H3. The molecule has 5 heteroatoms. The molecule has 0 saturated heterocycles. The van der Waals surface area contributed by atoms with Gasteiger partial charge in [-0.1, -0.05) is 24.3 Å². The number of fused-ring (bicyclic) bond motifs is 1. The topological polar surface area (TPSA) is 65.0 Å². The van der Waals surface area contributed by atoms with Crippen LogP contribution >= 0.6 is 0 Å². The van der Waals surface area contributed by atoms with Gasteiger partial charge in [-0.15, -0.1) is 4.91 Å². The number of hydrogen-bond acceptors (Lipinski definition) is 4. The van der Waals surface area contributed by atoms with Gasteiger partial charge in [-0.3, -0.25) is 4.79 Å². The Morgan fingerprint density at radius 1 is 1.25 bits per heavy atom. The minimum absolute atomic E-state index is 0.0340. The van der Waals surface area contributed by atoms with Gasteiger partial charge in [0, 0.05) is 28.3 Å². The minimum Gasteiger partial charge on any atom is -0.497 e. The average molecular weight is 325 g/mol. The first-order valence-electron chi connectivity index (χ1n) is 7.88. The molecule has 24 heavy (non-hydrogen) atoms. The van der Waals surface area contributed by atoms with E-state index in [1.54, 1.807) is 20.3 Å². The fraction of sp³-hybridized carbons (Fsp3) is 0.316. The number of hydrogen-bond donors (Lipinski definition) is 0. The molecular weight excluding hydrogens is 306 g/mol. The largest absolute Gasteiger partial charge is 0.497 e. The highest BCUT2D eigenvalue weighted by Crippen LogP contribution is 2.44. The van der Waals surface area contributed by atoms with Crippen molar-refractivity contribution in [2.24, 2.45) is 17.0 Å². The van der Waals surface area contributed by atoms with Gasteiger partial charge in [-0.25, -0.2) is 0 Å². The molecule has 0 saturated carbocycles. The lowest BCUT2D eigenvalue weighted by Crippen LogP contribution is -2.20. The molecule has 2 atom stereocenters. The van der Waals surface area contributed by atoms with Crippen molar-refractivity contribution < 1.29 is 14.3 Å². The highest BCUT2D eigenvalue weighted by molar-refractivity contribution is 5.97. The Kier molecular flexibility index (Phi) is 4.60. The minimum atomic E-state index is -0.726. The summed E-state index contributed by atoms with van der Waals surface area (Å²) in [6.45, 7) is 0. The lowest BCUT2D eigenvalue weighted by Gasteiger charge is -2.32. The number of carbonyl (C=O) groups is 1. The Bertz CT molecular complexity index is 761. The van der Waals surface area contributed by atoms with Crippen molar-refractivity contribution in [3.8, 4) is 11.5 Å². The number of rotatable bonds is 4. The zero-order valence-corrected chi connectivity index (χ0v) is 13.7. The van der Waals surface area contributed by atoms with Crippen molar-refractivity contribution in [2.45, 2.75) is 12.8 Å². The normalized spacial score (nSPS) is 22.1. The zero-order chi connectivity index (χ0) is 17.1. The molecule has 2 aliphatic carbocycles. The highest BCUT2D eigenvalue weighted by Gasteiger charge is 2.30. The fourth-order valence-corrected chi connectivity index (χ4v) is 3.40. The molecule has 1 amide bonds. The maximum atomic E-state index is 11.6. The Labute approximate surface area is 140 Å². The van der Waals surface area contributed by atoms with Gasteiger partial charge >= 0.3 is 5.91 Å². The van der Waals surface area contributed by atoms with Crippen molar-refractivity contribution in [3.05, 3.63) is 58.5 Å². The van der Waals surface area contributed by atoms with E-state index in [9.17, 15) is 9.70 Å². The molecule has 124 valence electrons. The van der Waals surface area contributed by atoms with Gasteiger partial charge in [0.15, 0.2) is 0 Å². The van der Waals surface area contributed by atoms with E-state index in [4.69, 9.17) is 9.47 Å². The zero-order valence-electron chi connectivity index (χ0n) is 13.7. The number of carbonyl (C=O) groups excluding carboxylic acids is 1. The van der Waals surface area contributed by atoms with Crippen LogP contribution in [0.5, 0.6) is 11.5 Å². The molecular formula is C19H19NO4. The molecule has 0 radical (unpaired) electrons. The Morgan fingerprint density at radius 3 is 2.79 bits per heavy atom. The van der Waals surface area contributed by atoms with E-state index in [2.05, 4.69) is 11.3 Å². The highest BCUT2D eigenvalue weighted by atomic mass is 16.5. The van der Waals surface area contributed by atoms with E-state index in [1.807, 2.05) is 30.4 Å². The molecule has 3 rings (SSSR count). The first-order chi connectivity index (χ1) is 11.7.